The predicted octanol–water partition coefficient (Wildman–Crippen LogP) is 2.71. The highest BCUT2D eigenvalue weighted by Gasteiger charge is 2.26. The lowest BCUT2D eigenvalue weighted by atomic mass is 10.1. The van der Waals surface area contributed by atoms with Crippen LogP contribution in [0.25, 0.3) is 10.9 Å². The molecule has 4 nitrogen and oxygen atoms in total. The molecule has 0 spiro atoms. The number of rotatable bonds is 3. The minimum absolute atomic E-state index is 0.0560. The second-order valence-corrected chi connectivity index (χ2v) is 6.18. The first-order valence-electron chi connectivity index (χ1n) is 6.91. The number of halogens is 1. The van der Waals surface area contributed by atoms with Gasteiger partial charge < -0.3 is 16.0 Å². The number of nitrogens with two attached hydrogens (primary N) is 1. The second kappa shape index (κ2) is 5.73. The van der Waals surface area contributed by atoms with Crippen LogP contribution >= 0.6 is 22.6 Å². The zero-order chi connectivity index (χ0) is 14.1. The van der Waals surface area contributed by atoms with E-state index >= 15 is 0 Å². The monoisotopic (exact) mass is 383 g/mol. The van der Waals surface area contributed by atoms with Crippen molar-refractivity contribution < 1.29 is 4.79 Å². The van der Waals surface area contributed by atoms with E-state index in [0.717, 1.165) is 34.6 Å². The number of aromatic nitrogens is 1. The Morgan fingerprint density at radius 2 is 2.25 bits per heavy atom. The molecule has 5 heteroatoms. The van der Waals surface area contributed by atoms with Gasteiger partial charge in [-0.1, -0.05) is 28.7 Å². The predicted molar refractivity (Wildman–Crippen MR) is 89.1 cm³/mol. The summed E-state index contributed by atoms with van der Waals surface area (Å²) in [5.41, 5.74) is 8.87. The van der Waals surface area contributed by atoms with Crippen molar-refractivity contribution in [2.24, 2.45) is 5.73 Å². The van der Waals surface area contributed by atoms with Crippen LogP contribution in [0.2, 0.25) is 0 Å². The zero-order valence-electron chi connectivity index (χ0n) is 11.2. The molecule has 2 atom stereocenters. The standard InChI is InChI=1S/C15H18IN3O/c16-8-9-4-5-12-10(6-9)7-14(18-12)15(20)19-13-3-1-2-11(13)17/h4-7,11,13,18H,1-3,8,17H2,(H,19,20)/t11-,13-/m0/s1. The fourth-order valence-electron chi connectivity index (χ4n) is 2.80. The fraction of sp³-hybridized carbons (Fsp3) is 0.400. The lowest BCUT2D eigenvalue weighted by Gasteiger charge is -2.16. The number of hydrogen-bond acceptors (Lipinski definition) is 2. The van der Waals surface area contributed by atoms with Gasteiger partial charge in [-0.25, -0.2) is 0 Å². The Labute approximate surface area is 131 Å². The summed E-state index contributed by atoms with van der Waals surface area (Å²) in [6.07, 6.45) is 3.07. The summed E-state index contributed by atoms with van der Waals surface area (Å²) in [6, 6.07) is 8.35. The Hall–Kier alpha value is -1.08. The molecule has 0 saturated heterocycles. The van der Waals surface area contributed by atoms with Crippen LogP contribution in [0.15, 0.2) is 24.3 Å². The molecular formula is C15H18IN3O. The maximum Gasteiger partial charge on any atom is 0.268 e. The third-order valence-corrected chi connectivity index (χ3v) is 4.85. The van der Waals surface area contributed by atoms with E-state index in [1.165, 1.54) is 5.56 Å². The highest BCUT2D eigenvalue weighted by molar-refractivity contribution is 14.1. The van der Waals surface area contributed by atoms with Gasteiger partial charge in [0, 0.05) is 27.4 Å². The van der Waals surface area contributed by atoms with Gasteiger partial charge in [0.2, 0.25) is 0 Å². The first-order valence-corrected chi connectivity index (χ1v) is 8.44. The average Bonchev–Trinajstić information content (AvgIpc) is 3.04. The first kappa shape index (κ1) is 13.9. The van der Waals surface area contributed by atoms with E-state index in [4.69, 9.17) is 5.73 Å². The van der Waals surface area contributed by atoms with E-state index in [1.807, 2.05) is 12.1 Å². The van der Waals surface area contributed by atoms with Crippen molar-refractivity contribution in [2.75, 3.05) is 0 Å². The minimum Gasteiger partial charge on any atom is -0.351 e. The number of alkyl halides is 1. The van der Waals surface area contributed by atoms with E-state index in [2.05, 4.69) is 45.0 Å². The summed E-state index contributed by atoms with van der Waals surface area (Å²) >= 11 is 2.34. The summed E-state index contributed by atoms with van der Waals surface area (Å²) in [7, 11) is 0. The molecule has 3 rings (SSSR count). The van der Waals surface area contributed by atoms with E-state index in [0.29, 0.717) is 5.69 Å². The average molecular weight is 383 g/mol. The van der Waals surface area contributed by atoms with Crippen molar-refractivity contribution in [3.05, 3.63) is 35.5 Å². The van der Waals surface area contributed by atoms with Gasteiger partial charge in [0.05, 0.1) is 0 Å². The summed E-state index contributed by atoms with van der Waals surface area (Å²) < 4.78 is 0.970. The number of carbonyl (C=O) groups excluding carboxylic acids is 1. The fourth-order valence-corrected chi connectivity index (χ4v) is 3.28. The molecule has 1 aromatic heterocycles. The number of fused-ring (bicyclic) bond motifs is 1. The van der Waals surface area contributed by atoms with Crippen LogP contribution in [0.3, 0.4) is 0 Å². The molecule has 0 unspecified atom stereocenters. The Morgan fingerprint density at radius 1 is 1.40 bits per heavy atom. The maximum atomic E-state index is 12.3. The topological polar surface area (TPSA) is 70.9 Å². The molecule has 1 fully saturated rings. The van der Waals surface area contributed by atoms with E-state index in [9.17, 15) is 4.79 Å². The van der Waals surface area contributed by atoms with Crippen LogP contribution in [-0.2, 0) is 4.43 Å². The van der Waals surface area contributed by atoms with Crippen LogP contribution in [0.4, 0.5) is 0 Å². The molecule has 1 aliphatic carbocycles. The molecule has 4 N–H and O–H groups in total. The molecule has 106 valence electrons. The van der Waals surface area contributed by atoms with Gasteiger partial charge in [0.25, 0.3) is 5.91 Å². The molecule has 2 aromatic rings. The van der Waals surface area contributed by atoms with E-state index in [1.54, 1.807) is 0 Å². The lowest BCUT2D eigenvalue weighted by Crippen LogP contribution is -2.44. The number of nitrogens with one attached hydrogen (secondary N) is 2. The molecule has 0 radical (unpaired) electrons. The Morgan fingerprint density at radius 3 is 2.95 bits per heavy atom. The van der Waals surface area contributed by atoms with Gasteiger partial charge in [0.15, 0.2) is 0 Å². The highest BCUT2D eigenvalue weighted by atomic mass is 127. The number of H-pyrrole nitrogens is 1. The Balaban J connectivity index is 1.80. The molecule has 1 aliphatic rings. The molecule has 0 bridgehead atoms. The maximum absolute atomic E-state index is 12.3. The summed E-state index contributed by atoms with van der Waals surface area (Å²) in [4.78, 5) is 15.5. The summed E-state index contributed by atoms with van der Waals surface area (Å²) in [5.74, 6) is -0.0560. The SMILES string of the molecule is N[C@H]1CCC[C@@H]1NC(=O)c1cc2cc(CI)ccc2[nH]1. The number of carbonyl (C=O) groups is 1. The van der Waals surface area contributed by atoms with Gasteiger partial charge in [-0.15, -0.1) is 0 Å². The molecule has 20 heavy (non-hydrogen) atoms. The van der Waals surface area contributed by atoms with Crippen molar-refractivity contribution in [1.29, 1.82) is 0 Å². The van der Waals surface area contributed by atoms with Crippen molar-refractivity contribution in [3.8, 4) is 0 Å². The lowest BCUT2D eigenvalue weighted by molar-refractivity contribution is 0.0930. The molecule has 1 saturated carbocycles. The van der Waals surface area contributed by atoms with E-state index in [-0.39, 0.29) is 18.0 Å². The van der Waals surface area contributed by atoms with Gasteiger partial charge in [-0.2, -0.15) is 0 Å². The number of hydrogen-bond donors (Lipinski definition) is 3. The van der Waals surface area contributed by atoms with Crippen LogP contribution < -0.4 is 11.1 Å². The van der Waals surface area contributed by atoms with Crippen LogP contribution in [0, 0.1) is 0 Å². The van der Waals surface area contributed by atoms with Crippen molar-refractivity contribution in [2.45, 2.75) is 35.8 Å². The third-order valence-electron chi connectivity index (χ3n) is 3.97. The van der Waals surface area contributed by atoms with Crippen LogP contribution in [0.1, 0.15) is 35.3 Å². The molecule has 1 aromatic carbocycles. The Bertz CT molecular complexity index is 637. The largest absolute Gasteiger partial charge is 0.351 e. The van der Waals surface area contributed by atoms with E-state index < -0.39 is 0 Å². The summed E-state index contributed by atoms with van der Waals surface area (Å²) in [5, 5.41) is 4.12. The molecule has 1 heterocycles. The first-order chi connectivity index (χ1) is 9.67. The number of benzene rings is 1. The molecule has 0 aliphatic heterocycles. The van der Waals surface area contributed by atoms with Crippen LogP contribution in [-0.4, -0.2) is 23.0 Å². The second-order valence-electron chi connectivity index (χ2n) is 5.41. The Kier molecular flexibility index (Phi) is 3.98. The summed E-state index contributed by atoms with van der Waals surface area (Å²) in [6.45, 7) is 0. The third kappa shape index (κ3) is 2.69. The van der Waals surface area contributed by atoms with Gasteiger partial charge >= 0.3 is 0 Å². The number of aromatic amines is 1. The van der Waals surface area contributed by atoms with Gasteiger partial charge in [-0.3, -0.25) is 4.79 Å². The van der Waals surface area contributed by atoms with Crippen molar-refractivity contribution in [3.63, 3.8) is 0 Å². The zero-order valence-corrected chi connectivity index (χ0v) is 13.3. The van der Waals surface area contributed by atoms with Gasteiger partial charge in [0.1, 0.15) is 5.69 Å². The smallest absolute Gasteiger partial charge is 0.268 e. The van der Waals surface area contributed by atoms with Gasteiger partial charge in [-0.05, 0) is 43.0 Å². The van der Waals surface area contributed by atoms with Crippen LogP contribution in [0.5, 0.6) is 0 Å². The molecular weight excluding hydrogens is 365 g/mol. The number of amides is 1. The quantitative estimate of drug-likeness (QED) is 0.564. The van der Waals surface area contributed by atoms with Crippen molar-refractivity contribution >= 4 is 39.4 Å². The normalized spacial score (nSPS) is 22.3. The molecule has 1 amide bonds. The van der Waals surface area contributed by atoms with Crippen molar-refractivity contribution in [1.82, 2.24) is 10.3 Å². The highest BCUT2D eigenvalue weighted by Crippen LogP contribution is 2.20. The minimum atomic E-state index is -0.0560.